The molecule has 38 heavy (non-hydrogen) atoms. The first-order chi connectivity index (χ1) is 18.2. The van der Waals surface area contributed by atoms with Crippen LogP contribution in [0.4, 0.5) is 13.2 Å². The van der Waals surface area contributed by atoms with Crippen molar-refractivity contribution in [2.24, 2.45) is 24.3 Å². The standard InChI is InChI=1S/C26H34F3N5O3S/c1-25(10-4-14-38-24-31-12-13-33(24)2)11-9-19(22(23(25)35-3)15-34-18-30-17-32-34)16-36-20-5-7-21(8-6-20)37-26(27,28)29/h5-8,12-13,17-19,22-23H,4,9-11,14-16H2,1-3H3/t19-,22-,23+,25+/m0/s1. The number of aryl methyl sites for hydroxylation is 1. The summed E-state index contributed by atoms with van der Waals surface area (Å²) in [5.74, 6) is 1.49. The molecule has 208 valence electrons. The van der Waals surface area contributed by atoms with Crippen molar-refractivity contribution in [3.05, 3.63) is 49.3 Å². The van der Waals surface area contributed by atoms with Gasteiger partial charge in [-0.2, -0.15) is 5.10 Å². The zero-order valence-corrected chi connectivity index (χ0v) is 22.6. The Morgan fingerprint density at radius 1 is 1.18 bits per heavy atom. The summed E-state index contributed by atoms with van der Waals surface area (Å²) in [5, 5.41) is 5.34. The average Bonchev–Trinajstić information content (AvgIpc) is 3.53. The van der Waals surface area contributed by atoms with Crippen molar-refractivity contribution in [2.75, 3.05) is 19.5 Å². The predicted octanol–water partition coefficient (Wildman–Crippen LogP) is 5.61. The fourth-order valence-corrected chi connectivity index (χ4v) is 6.30. The molecule has 0 saturated heterocycles. The number of hydrogen-bond acceptors (Lipinski definition) is 7. The third-order valence-electron chi connectivity index (χ3n) is 7.31. The quantitative estimate of drug-likeness (QED) is 0.213. The molecule has 4 atom stereocenters. The highest BCUT2D eigenvalue weighted by molar-refractivity contribution is 7.99. The predicted molar refractivity (Wildman–Crippen MR) is 137 cm³/mol. The lowest BCUT2D eigenvalue weighted by Crippen LogP contribution is -2.50. The summed E-state index contributed by atoms with van der Waals surface area (Å²) >= 11 is 1.76. The van der Waals surface area contributed by atoms with Gasteiger partial charge in [-0.15, -0.1) is 13.2 Å². The fourth-order valence-electron chi connectivity index (χ4n) is 5.43. The molecule has 0 radical (unpaired) electrons. The highest BCUT2D eigenvalue weighted by Crippen LogP contribution is 2.47. The lowest BCUT2D eigenvalue weighted by Gasteiger charge is -2.49. The van der Waals surface area contributed by atoms with Crippen LogP contribution in [0.5, 0.6) is 11.5 Å². The third-order valence-corrected chi connectivity index (χ3v) is 8.45. The number of benzene rings is 1. The Morgan fingerprint density at radius 2 is 1.95 bits per heavy atom. The number of thioether (sulfide) groups is 1. The summed E-state index contributed by atoms with van der Waals surface area (Å²) in [6.07, 6.45) is 6.24. The van der Waals surface area contributed by atoms with E-state index in [1.54, 1.807) is 25.2 Å². The molecular formula is C26H34F3N5O3S. The number of imidazole rings is 1. The molecule has 1 aromatic carbocycles. The van der Waals surface area contributed by atoms with E-state index in [-0.39, 0.29) is 29.1 Å². The third kappa shape index (κ3) is 7.43. The van der Waals surface area contributed by atoms with Gasteiger partial charge in [-0.25, -0.2) is 9.97 Å². The molecule has 2 heterocycles. The van der Waals surface area contributed by atoms with Crippen LogP contribution in [0.1, 0.15) is 32.6 Å². The Bertz CT molecular complexity index is 1130. The van der Waals surface area contributed by atoms with Crippen LogP contribution in [0.25, 0.3) is 0 Å². The number of methoxy groups -OCH3 is 1. The van der Waals surface area contributed by atoms with E-state index < -0.39 is 6.36 Å². The van der Waals surface area contributed by atoms with Gasteiger partial charge in [0.05, 0.1) is 12.7 Å². The van der Waals surface area contributed by atoms with Crippen molar-refractivity contribution < 1.29 is 27.4 Å². The smallest absolute Gasteiger partial charge is 0.493 e. The highest BCUT2D eigenvalue weighted by Gasteiger charge is 2.47. The summed E-state index contributed by atoms with van der Waals surface area (Å²) in [6, 6.07) is 5.50. The van der Waals surface area contributed by atoms with Crippen molar-refractivity contribution in [2.45, 2.75) is 56.8 Å². The molecule has 8 nitrogen and oxygen atoms in total. The van der Waals surface area contributed by atoms with Crippen molar-refractivity contribution >= 4 is 11.8 Å². The zero-order valence-electron chi connectivity index (χ0n) is 21.8. The zero-order chi connectivity index (χ0) is 27.2. The van der Waals surface area contributed by atoms with E-state index in [1.807, 2.05) is 28.7 Å². The van der Waals surface area contributed by atoms with E-state index in [4.69, 9.17) is 9.47 Å². The number of ether oxygens (including phenoxy) is 3. The largest absolute Gasteiger partial charge is 0.573 e. The summed E-state index contributed by atoms with van der Waals surface area (Å²) in [7, 11) is 3.77. The number of hydrogen-bond donors (Lipinski definition) is 0. The maximum absolute atomic E-state index is 12.5. The molecule has 3 aromatic rings. The van der Waals surface area contributed by atoms with Crippen molar-refractivity contribution in [3.8, 4) is 11.5 Å². The molecule has 1 fully saturated rings. The highest BCUT2D eigenvalue weighted by atomic mass is 32.2. The summed E-state index contributed by atoms with van der Waals surface area (Å²) < 4.78 is 57.4. The minimum atomic E-state index is -4.72. The molecule has 0 amide bonds. The molecule has 4 rings (SSSR count). The molecular weight excluding hydrogens is 519 g/mol. The molecule has 2 aromatic heterocycles. The fraction of sp³-hybridized carbons (Fsp3) is 0.577. The van der Waals surface area contributed by atoms with Gasteiger partial charge in [-0.3, -0.25) is 4.68 Å². The van der Waals surface area contributed by atoms with Crippen LogP contribution in [0.3, 0.4) is 0 Å². The molecule has 0 unspecified atom stereocenters. The summed E-state index contributed by atoms with van der Waals surface area (Å²) in [6.45, 7) is 3.36. The van der Waals surface area contributed by atoms with Crippen molar-refractivity contribution in [1.29, 1.82) is 0 Å². The van der Waals surface area contributed by atoms with E-state index in [9.17, 15) is 13.2 Å². The van der Waals surface area contributed by atoms with E-state index in [0.29, 0.717) is 18.9 Å². The Labute approximate surface area is 224 Å². The Morgan fingerprint density at radius 3 is 2.58 bits per heavy atom. The van der Waals surface area contributed by atoms with Crippen LogP contribution in [-0.4, -0.2) is 56.3 Å². The molecule has 1 aliphatic carbocycles. The Balaban J connectivity index is 1.40. The average molecular weight is 554 g/mol. The first-order valence-electron chi connectivity index (χ1n) is 12.6. The van der Waals surface area contributed by atoms with Crippen LogP contribution in [0, 0.1) is 17.3 Å². The first-order valence-corrected chi connectivity index (χ1v) is 13.6. The normalized spacial score (nSPS) is 23.9. The van der Waals surface area contributed by atoms with Crippen molar-refractivity contribution in [1.82, 2.24) is 24.3 Å². The summed E-state index contributed by atoms with van der Waals surface area (Å²) in [4.78, 5) is 8.49. The van der Waals surface area contributed by atoms with Gasteiger partial charge in [0.25, 0.3) is 0 Å². The molecule has 0 spiro atoms. The Hall–Kier alpha value is -2.73. The summed E-state index contributed by atoms with van der Waals surface area (Å²) in [5.41, 5.74) is -0.0186. The Kier molecular flexibility index (Phi) is 9.24. The lowest BCUT2D eigenvalue weighted by molar-refractivity contribution is -0.274. The number of nitrogens with zero attached hydrogens (tertiary/aromatic N) is 5. The van der Waals surface area contributed by atoms with Crippen molar-refractivity contribution in [3.63, 3.8) is 0 Å². The molecule has 0 N–H and O–H groups in total. The van der Waals surface area contributed by atoms with Gasteiger partial charge in [0.1, 0.15) is 24.2 Å². The van der Waals surface area contributed by atoms with E-state index in [2.05, 4.69) is 26.7 Å². The minimum Gasteiger partial charge on any atom is -0.493 e. The number of halogens is 3. The van der Waals surface area contributed by atoms with E-state index in [1.165, 1.54) is 30.6 Å². The maximum Gasteiger partial charge on any atom is 0.573 e. The number of aromatic nitrogens is 5. The molecule has 1 aliphatic rings. The van der Waals surface area contributed by atoms with Gasteiger partial charge in [-0.05, 0) is 55.4 Å². The maximum atomic E-state index is 12.5. The van der Waals surface area contributed by atoms with Gasteiger partial charge in [0, 0.05) is 50.7 Å². The molecule has 0 aliphatic heterocycles. The first kappa shape index (κ1) is 28.3. The van der Waals surface area contributed by atoms with E-state index in [0.717, 1.165) is 36.6 Å². The van der Waals surface area contributed by atoms with Crippen LogP contribution >= 0.6 is 11.8 Å². The second-order valence-electron chi connectivity index (χ2n) is 9.99. The second-order valence-corrected chi connectivity index (χ2v) is 11.1. The van der Waals surface area contributed by atoms with Crippen LogP contribution in [0.2, 0.25) is 0 Å². The second kappa shape index (κ2) is 12.4. The van der Waals surface area contributed by atoms with E-state index >= 15 is 0 Å². The van der Waals surface area contributed by atoms with Crippen LogP contribution in [0.15, 0.2) is 54.5 Å². The van der Waals surface area contributed by atoms with Crippen LogP contribution < -0.4 is 9.47 Å². The van der Waals surface area contributed by atoms with Gasteiger partial charge < -0.3 is 18.8 Å². The van der Waals surface area contributed by atoms with Crippen LogP contribution in [-0.2, 0) is 18.3 Å². The number of alkyl halides is 3. The van der Waals surface area contributed by atoms with Gasteiger partial charge in [0.15, 0.2) is 5.16 Å². The topological polar surface area (TPSA) is 76.2 Å². The molecule has 12 heteroatoms. The SMILES string of the molecule is CO[C@@H]1[C@@H](Cn2cncn2)[C@H](COc2ccc(OC(F)(F)F)cc2)CC[C@@]1(C)CCCSc1nccn1C. The molecule has 0 bridgehead atoms. The number of rotatable bonds is 12. The monoisotopic (exact) mass is 553 g/mol. The van der Waals surface area contributed by atoms with Gasteiger partial charge in [-0.1, -0.05) is 18.7 Å². The molecule has 1 saturated carbocycles. The van der Waals surface area contributed by atoms with Gasteiger partial charge >= 0.3 is 6.36 Å². The van der Waals surface area contributed by atoms with Gasteiger partial charge in [0.2, 0.25) is 0 Å². The minimum absolute atomic E-state index is 0.0186. The lowest BCUT2D eigenvalue weighted by atomic mass is 9.62.